The molecule has 0 saturated heterocycles. The molecular formula is C16H22N4O. The first-order valence-corrected chi connectivity index (χ1v) is 7.62. The van der Waals surface area contributed by atoms with Gasteiger partial charge in [0.05, 0.1) is 17.0 Å². The van der Waals surface area contributed by atoms with Crippen molar-refractivity contribution in [2.45, 2.75) is 38.8 Å². The second kappa shape index (κ2) is 5.85. The highest BCUT2D eigenvalue weighted by Crippen LogP contribution is 2.23. The van der Waals surface area contributed by atoms with Crippen LogP contribution in [0, 0.1) is 12.8 Å². The van der Waals surface area contributed by atoms with E-state index in [4.69, 9.17) is 5.73 Å². The van der Waals surface area contributed by atoms with Crippen molar-refractivity contribution >= 4 is 16.9 Å². The first-order valence-electron chi connectivity index (χ1n) is 7.62. The SMILES string of the molecule is Cc1nc2ccccc2n1CCNC(=O)C1CCCC1N. The van der Waals surface area contributed by atoms with Crippen LogP contribution in [0.5, 0.6) is 0 Å². The minimum atomic E-state index is -0.00868. The standard InChI is InChI=1S/C16H22N4O/c1-11-19-14-7-2-3-8-15(14)20(11)10-9-18-16(21)12-5-4-6-13(12)17/h2-3,7-8,12-13H,4-6,9-10,17H2,1H3,(H,18,21). The number of benzene rings is 1. The Bertz CT molecular complexity index is 649. The number of imidazole rings is 1. The molecular weight excluding hydrogens is 264 g/mol. The third-order valence-electron chi connectivity index (χ3n) is 4.39. The van der Waals surface area contributed by atoms with Gasteiger partial charge < -0.3 is 15.6 Å². The molecule has 5 nitrogen and oxygen atoms in total. The van der Waals surface area contributed by atoms with E-state index in [2.05, 4.69) is 20.9 Å². The lowest BCUT2D eigenvalue weighted by Crippen LogP contribution is -2.39. The van der Waals surface area contributed by atoms with Crippen LogP contribution in [0.3, 0.4) is 0 Å². The number of aromatic nitrogens is 2. The Kier molecular flexibility index (Phi) is 3.92. The predicted octanol–water partition coefficient (Wildman–Crippen LogP) is 1.59. The Morgan fingerprint density at radius 1 is 1.43 bits per heavy atom. The first kappa shape index (κ1) is 14.1. The third-order valence-corrected chi connectivity index (χ3v) is 4.39. The number of carbonyl (C=O) groups excluding carboxylic acids is 1. The summed E-state index contributed by atoms with van der Waals surface area (Å²) in [5.41, 5.74) is 8.08. The number of aryl methyl sites for hydroxylation is 1. The monoisotopic (exact) mass is 286 g/mol. The molecule has 1 fully saturated rings. The minimum absolute atomic E-state index is 0.00868. The number of carbonyl (C=O) groups is 1. The number of para-hydroxylation sites is 2. The highest BCUT2D eigenvalue weighted by Gasteiger charge is 2.29. The maximum atomic E-state index is 12.1. The molecule has 1 aliphatic rings. The van der Waals surface area contributed by atoms with Crippen molar-refractivity contribution < 1.29 is 4.79 Å². The molecule has 1 heterocycles. The Morgan fingerprint density at radius 3 is 3.00 bits per heavy atom. The topological polar surface area (TPSA) is 72.9 Å². The van der Waals surface area contributed by atoms with Crippen LogP contribution in [0.25, 0.3) is 11.0 Å². The lowest BCUT2D eigenvalue weighted by atomic mass is 10.0. The van der Waals surface area contributed by atoms with E-state index in [1.807, 2.05) is 25.1 Å². The van der Waals surface area contributed by atoms with Gasteiger partial charge in [-0.15, -0.1) is 0 Å². The molecule has 0 aliphatic heterocycles. The summed E-state index contributed by atoms with van der Waals surface area (Å²) < 4.78 is 2.14. The number of nitrogens with zero attached hydrogens (tertiary/aromatic N) is 2. The van der Waals surface area contributed by atoms with Crippen molar-refractivity contribution in [2.75, 3.05) is 6.54 Å². The smallest absolute Gasteiger partial charge is 0.224 e. The fraction of sp³-hybridized carbons (Fsp3) is 0.500. The number of hydrogen-bond donors (Lipinski definition) is 2. The van der Waals surface area contributed by atoms with Crippen molar-refractivity contribution in [2.24, 2.45) is 11.7 Å². The van der Waals surface area contributed by atoms with Gasteiger partial charge in [0.1, 0.15) is 5.82 Å². The first-order chi connectivity index (χ1) is 10.2. The van der Waals surface area contributed by atoms with Crippen molar-refractivity contribution in [1.29, 1.82) is 0 Å². The summed E-state index contributed by atoms with van der Waals surface area (Å²) in [6, 6.07) is 8.10. The van der Waals surface area contributed by atoms with Crippen LogP contribution in [0.15, 0.2) is 24.3 Å². The largest absolute Gasteiger partial charge is 0.354 e. The van der Waals surface area contributed by atoms with E-state index in [1.165, 1.54) is 0 Å². The lowest BCUT2D eigenvalue weighted by molar-refractivity contribution is -0.125. The van der Waals surface area contributed by atoms with Crippen LogP contribution in [0.2, 0.25) is 0 Å². The number of fused-ring (bicyclic) bond motifs is 1. The number of rotatable bonds is 4. The molecule has 1 aromatic carbocycles. The average Bonchev–Trinajstić information content (AvgIpc) is 3.03. The fourth-order valence-corrected chi connectivity index (χ4v) is 3.21. The van der Waals surface area contributed by atoms with Gasteiger partial charge in [0.15, 0.2) is 0 Å². The van der Waals surface area contributed by atoms with Gasteiger partial charge in [-0.1, -0.05) is 18.6 Å². The average molecular weight is 286 g/mol. The summed E-state index contributed by atoms with van der Waals surface area (Å²) in [5, 5.41) is 3.02. The fourth-order valence-electron chi connectivity index (χ4n) is 3.21. The van der Waals surface area contributed by atoms with Gasteiger partial charge in [-0.3, -0.25) is 4.79 Å². The molecule has 0 bridgehead atoms. The number of amides is 1. The van der Waals surface area contributed by atoms with E-state index in [1.54, 1.807) is 0 Å². The lowest BCUT2D eigenvalue weighted by Gasteiger charge is -2.15. The molecule has 1 saturated carbocycles. The Hall–Kier alpha value is -1.88. The van der Waals surface area contributed by atoms with Crippen LogP contribution in [0.4, 0.5) is 0 Å². The van der Waals surface area contributed by atoms with Crippen LogP contribution >= 0.6 is 0 Å². The van der Waals surface area contributed by atoms with Crippen LogP contribution in [-0.2, 0) is 11.3 Å². The van der Waals surface area contributed by atoms with Gasteiger partial charge in [-0.2, -0.15) is 0 Å². The summed E-state index contributed by atoms with van der Waals surface area (Å²) in [5.74, 6) is 1.07. The highest BCUT2D eigenvalue weighted by atomic mass is 16.1. The van der Waals surface area contributed by atoms with E-state index in [0.29, 0.717) is 6.54 Å². The molecule has 1 aromatic heterocycles. The molecule has 5 heteroatoms. The van der Waals surface area contributed by atoms with Gasteiger partial charge in [0, 0.05) is 19.1 Å². The van der Waals surface area contributed by atoms with Gasteiger partial charge in [-0.25, -0.2) is 4.98 Å². The van der Waals surface area contributed by atoms with Gasteiger partial charge in [-0.05, 0) is 31.9 Å². The van der Waals surface area contributed by atoms with E-state index >= 15 is 0 Å². The molecule has 3 rings (SSSR count). The maximum Gasteiger partial charge on any atom is 0.224 e. The Balaban J connectivity index is 1.62. The van der Waals surface area contributed by atoms with Crippen molar-refractivity contribution in [3.63, 3.8) is 0 Å². The molecule has 1 aliphatic carbocycles. The summed E-state index contributed by atoms with van der Waals surface area (Å²) in [7, 11) is 0. The molecule has 112 valence electrons. The normalized spacial score (nSPS) is 21.8. The highest BCUT2D eigenvalue weighted by molar-refractivity contribution is 5.79. The number of nitrogens with two attached hydrogens (primary N) is 1. The van der Waals surface area contributed by atoms with Crippen molar-refractivity contribution in [1.82, 2.24) is 14.9 Å². The molecule has 21 heavy (non-hydrogen) atoms. The van der Waals surface area contributed by atoms with Crippen LogP contribution in [-0.4, -0.2) is 28.0 Å². The van der Waals surface area contributed by atoms with E-state index in [9.17, 15) is 4.79 Å². The van der Waals surface area contributed by atoms with Gasteiger partial charge in [0.2, 0.25) is 5.91 Å². The second-order valence-electron chi connectivity index (χ2n) is 5.79. The number of hydrogen-bond acceptors (Lipinski definition) is 3. The minimum Gasteiger partial charge on any atom is -0.354 e. The van der Waals surface area contributed by atoms with Crippen LogP contribution < -0.4 is 11.1 Å². The molecule has 0 radical (unpaired) electrons. The molecule has 1 amide bonds. The summed E-state index contributed by atoms with van der Waals surface area (Å²) in [6.45, 7) is 3.35. The van der Waals surface area contributed by atoms with Crippen molar-refractivity contribution in [3.8, 4) is 0 Å². The molecule has 2 aromatic rings. The zero-order valence-corrected chi connectivity index (χ0v) is 12.4. The van der Waals surface area contributed by atoms with Gasteiger partial charge >= 0.3 is 0 Å². The predicted molar refractivity (Wildman–Crippen MR) is 82.8 cm³/mol. The molecule has 2 atom stereocenters. The van der Waals surface area contributed by atoms with Gasteiger partial charge in [0.25, 0.3) is 0 Å². The van der Waals surface area contributed by atoms with Crippen molar-refractivity contribution in [3.05, 3.63) is 30.1 Å². The van der Waals surface area contributed by atoms with E-state index in [-0.39, 0.29) is 17.9 Å². The zero-order valence-electron chi connectivity index (χ0n) is 12.4. The van der Waals surface area contributed by atoms with Crippen LogP contribution in [0.1, 0.15) is 25.1 Å². The molecule has 2 unspecified atom stereocenters. The number of nitrogens with one attached hydrogen (secondary N) is 1. The summed E-state index contributed by atoms with van der Waals surface area (Å²) in [4.78, 5) is 16.6. The van der Waals surface area contributed by atoms with E-state index in [0.717, 1.165) is 42.7 Å². The second-order valence-corrected chi connectivity index (χ2v) is 5.79. The molecule has 0 spiro atoms. The quantitative estimate of drug-likeness (QED) is 0.896. The van der Waals surface area contributed by atoms with E-state index < -0.39 is 0 Å². The maximum absolute atomic E-state index is 12.1. The summed E-state index contributed by atoms with van der Waals surface area (Å²) in [6.07, 6.45) is 2.94. The Morgan fingerprint density at radius 2 is 2.24 bits per heavy atom. The third kappa shape index (κ3) is 2.78. The Labute approximate surface area is 124 Å². The summed E-state index contributed by atoms with van der Waals surface area (Å²) >= 11 is 0. The zero-order chi connectivity index (χ0) is 14.8. The molecule has 3 N–H and O–H groups in total.